The minimum Gasteiger partial charge on any atom is -0.333 e. The summed E-state index contributed by atoms with van der Waals surface area (Å²) in [4.78, 5) is 8.76. The molecule has 142 valence electrons. The number of halogens is 2. The molecule has 0 bridgehead atoms. The second kappa shape index (κ2) is 6.83. The van der Waals surface area contributed by atoms with Crippen LogP contribution in [-0.2, 0) is 19.5 Å². The van der Waals surface area contributed by atoms with E-state index in [-0.39, 0.29) is 0 Å². The summed E-state index contributed by atoms with van der Waals surface area (Å²) in [7, 11) is 0. The molecule has 1 atom stereocenters. The predicted octanol–water partition coefficient (Wildman–Crippen LogP) is 3.58. The molecule has 0 aliphatic carbocycles. The van der Waals surface area contributed by atoms with Crippen molar-refractivity contribution in [3.05, 3.63) is 78.3 Å². The first-order valence-electron chi connectivity index (χ1n) is 9.32. The highest BCUT2D eigenvalue weighted by Crippen LogP contribution is 2.25. The van der Waals surface area contributed by atoms with Gasteiger partial charge < -0.3 is 14.3 Å². The smallest absolute Gasteiger partial charge is 0.135 e. The van der Waals surface area contributed by atoms with Crippen LogP contribution >= 0.6 is 0 Å². The second-order valence-corrected chi connectivity index (χ2v) is 7.14. The SMILES string of the molecule is Fc1ccc(-c2cn3c(n2)CCC(NCc2cccc4cncn24)C3)c(F)c1. The van der Waals surface area contributed by atoms with Gasteiger partial charge in [0.25, 0.3) is 0 Å². The van der Waals surface area contributed by atoms with E-state index < -0.39 is 11.6 Å². The fourth-order valence-electron chi connectivity index (χ4n) is 3.84. The van der Waals surface area contributed by atoms with Crippen molar-refractivity contribution in [2.45, 2.75) is 32.0 Å². The van der Waals surface area contributed by atoms with E-state index >= 15 is 0 Å². The van der Waals surface area contributed by atoms with Crippen molar-refractivity contribution >= 4 is 5.52 Å². The fourth-order valence-corrected chi connectivity index (χ4v) is 3.84. The van der Waals surface area contributed by atoms with Gasteiger partial charge in [-0.25, -0.2) is 18.7 Å². The van der Waals surface area contributed by atoms with Crippen LogP contribution in [0.4, 0.5) is 8.78 Å². The van der Waals surface area contributed by atoms with Crippen molar-refractivity contribution in [3.8, 4) is 11.3 Å². The van der Waals surface area contributed by atoms with Crippen LogP contribution in [0.25, 0.3) is 16.8 Å². The van der Waals surface area contributed by atoms with Crippen LogP contribution in [0.5, 0.6) is 0 Å². The molecule has 0 amide bonds. The van der Waals surface area contributed by atoms with E-state index in [0.717, 1.165) is 49.0 Å². The Labute approximate surface area is 160 Å². The van der Waals surface area contributed by atoms with E-state index in [2.05, 4.69) is 30.3 Å². The molecule has 1 unspecified atom stereocenters. The molecule has 7 heteroatoms. The minimum absolute atomic E-state index is 0.298. The van der Waals surface area contributed by atoms with Gasteiger partial charge in [-0.05, 0) is 30.7 Å². The van der Waals surface area contributed by atoms with Gasteiger partial charge in [0.2, 0.25) is 0 Å². The minimum atomic E-state index is -0.585. The second-order valence-electron chi connectivity index (χ2n) is 7.14. The van der Waals surface area contributed by atoms with Crippen molar-refractivity contribution in [2.75, 3.05) is 0 Å². The monoisotopic (exact) mass is 379 g/mol. The lowest BCUT2D eigenvalue weighted by molar-refractivity contribution is 0.377. The Morgan fingerprint density at radius 3 is 3.00 bits per heavy atom. The zero-order chi connectivity index (χ0) is 19.1. The summed E-state index contributed by atoms with van der Waals surface area (Å²) in [5, 5.41) is 3.61. The zero-order valence-corrected chi connectivity index (χ0v) is 15.1. The highest BCUT2D eigenvalue weighted by atomic mass is 19.1. The zero-order valence-electron chi connectivity index (χ0n) is 15.1. The molecule has 0 saturated carbocycles. The molecule has 1 N–H and O–H groups in total. The molecule has 3 aromatic heterocycles. The fraction of sp³-hybridized carbons (Fsp3) is 0.238. The number of nitrogens with zero attached hydrogens (tertiary/aromatic N) is 4. The number of hydrogen-bond acceptors (Lipinski definition) is 3. The van der Waals surface area contributed by atoms with Gasteiger partial charge in [-0.1, -0.05) is 6.07 Å². The number of aryl methyl sites for hydroxylation is 1. The molecular formula is C21H19F2N5. The van der Waals surface area contributed by atoms with Gasteiger partial charge >= 0.3 is 0 Å². The van der Waals surface area contributed by atoms with Gasteiger partial charge in [-0.2, -0.15) is 0 Å². The molecule has 0 fully saturated rings. The summed E-state index contributed by atoms with van der Waals surface area (Å²) >= 11 is 0. The van der Waals surface area contributed by atoms with E-state index in [1.165, 1.54) is 12.1 Å². The third-order valence-electron chi connectivity index (χ3n) is 5.30. The highest BCUT2D eigenvalue weighted by Gasteiger charge is 2.21. The van der Waals surface area contributed by atoms with Crippen LogP contribution in [0.1, 0.15) is 17.9 Å². The van der Waals surface area contributed by atoms with Crippen LogP contribution in [0, 0.1) is 11.6 Å². The molecule has 1 aromatic carbocycles. The highest BCUT2D eigenvalue weighted by molar-refractivity contribution is 5.59. The van der Waals surface area contributed by atoms with E-state index in [1.54, 1.807) is 0 Å². The standard InChI is InChI=1S/C21H19F2N5/c22-14-4-6-18(19(23)8-14)20-12-27-11-15(5-7-21(27)26-20)25-10-17-3-1-2-16-9-24-13-28(16)17/h1-4,6,8-9,12-13,15,25H,5,7,10-11H2. The third kappa shape index (κ3) is 3.07. The van der Waals surface area contributed by atoms with E-state index in [0.29, 0.717) is 17.3 Å². The normalized spacial score (nSPS) is 16.4. The maximum absolute atomic E-state index is 14.1. The number of benzene rings is 1. The quantitative estimate of drug-likeness (QED) is 0.590. The number of imidazole rings is 2. The number of nitrogens with one attached hydrogen (secondary N) is 1. The summed E-state index contributed by atoms with van der Waals surface area (Å²) in [6, 6.07) is 10.1. The van der Waals surface area contributed by atoms with Crippen LogP contribution < -0.4 is 5.32 Å². The summed E-state index contributed by atoms with van der Waals surface area (Å²) in [5.41, 5.74) is 3.11. The lowest BCUT2D eigenvalue weighted by Crippen LogP contribution is -2.37. The molecule has 0 saturated heterocycles. The first kappa shape index (κ1) is 17.1. The lowest BCUT2D eigenvalue weighted by Gasteiger charge is -2.25. The largest absolute Gasteiger partial charge is 0.333 e. The van der Waals surface area contributed by atoms with E-state index in [1.807, 2.05) is 30.9 Å². The molecule has 0 spiro atoms. The summed E-state index contributed by atoms with van der Waals surface area (Å²) < 4.78 is 31.4. The van der Waals surface area contributed by atoms with E-state index in [9.17, 15) is 8.78 Å². The summed E-state index contributed by atoms with van der Waals surface area (Å²) in [5.74, 6) is -0.227. The Kier molecular flexibility index (Phi) is 4.16. The van der Waals surface area contributed by atoms with Crippen LogP contribution in [0.3, 0.4) is 0 Å². The number of rotatable bonds is 4. The number of hydrogen-bond donors (Lipinski definition) is 1. The molecule has 4 aromatic rings. The van der Waals surface area contributed by atoms with Gasteiger partial charge in [-0.15, -0.1) is 0 Å². The van der Waals surface area contributed by atoms with E-state index in [4.69, 9.17) is 0 Å². The van der Waals surface area contributed by atoms with Crippen molar-refractivity contribution in [1.29, 1.82) is 0 Å². The number of pyridine rings is 1. The Morgan fingerprint density at radius 2 is 2.11 bits per heavy atom. The van der Waals surface area contributed by atoms with Gasteiger partial charge in [-0.3, -0.25) is 0 Å². The van der Waals surface area contributed by atoms with Crippen molar-refractivity contribution in [2.24, 2.45) is 0 Å². The van der Waals surface area contributed by atoms with Crippen molar-refractivity contribution in [3.63, 3.8) is 0 Å². The van der Waals surface area contributed by atoms with Crippen molar-refractivity contribution in [1.82, 2.24) is 24.3 Å². The summed E-state index contributed by atoms with van der Waals surface area (Å²) in [6.45, 7) is 1.51. The number of fused-ring (bicyclic) bond motifs is 2. The molecule has 1 aliphatic rings. The van der Waals surface area contributed by atoms with Crippen LogP contribution in [0.2, 0.25) is 0 Å². The van der Waals surface area contributed by atoms with Crippen LogP contribution in [0.15, 0.2) is 55.1 Å². The lowest BCUT2D eigenvalue weighted by atomic mass is 10.1. The number of aromatic nitrogens is 4. The van der Waals surface area contributed by atoms with Gasteiger partial charge in [0.15, 0.2) is 0 Å². The Morgan fingerprint density at radius 1 is 1.18 bits per heavy atom. The molecule has 28 heavy (non-hydrogen) atoms. The molecule has 0 radical (unpaired) electrons. The maximum Gasteiger partial charge on any atom is 0.135 e. The van der Waals surface area contributed by atoms with Crippen LogP contribution in [-0.4, -0.2) is 25.0 Å². The van der Waals surface area contributed by atoms with Gasteiger partial charge in [0.1, 0.15) is 17.5 Å². The maximum atomic E-state index is 14.1. The topological polar surface area (TPSA) is 47.2 Å². The molecule has 1 aliphatic heterocycles. The predicted molar refractivity (Wildman–Crippen MR) is 102 cm³/mol. The average Bonchev–Trinajstić information content (AvgIpc) is 3.32. The first-order chi connectivity index (χ1) is 13.7. The molecule has 5 nitrogen and oxygen atoms in total. The molecule has 4 heterocycles. The third-order valence-corrected chi connectivity index (χ3v) is 5.30. The van der Waals surface area contributed by atoms with Gasteiger partial charge in [0, 0.05) is 49.1 Å². The average molecular weight is 379 g/mol. The Balaban J connectivity index is 1.31. The first-order valence-corrected chi connectivity index (χ1v) is 9.32. The molecule has 5 rings (SSSR count). The van der Waals surface area contributed by atoms with Crippen molar-refractivity contribution < 1.29 is 8.78 Å². The van der Waals surface area contributed by atoms with Gasteiger partial charge in [0.05, 0.1) is 23.7 Å². The Bertz CT molecular complexity index is 1150. The summed E-state index contributed by atoms with van der Waals surface area (Å²) in [6.07, 6.45) is 7.30. The Hall–Kier alpha value is -3.06. The molecular weight excluding hydrogens is 360 g/mol.